The molecule has 1 aliphatic rings. The molecule has 1 rings (SSSR count). The van der Waals surface area contributed by atoms with Crippen LogP contribution in [-0.2, 0) is 4.74 Å². The van der Waals surface area contributed by atoms with Crippen molar-refractivity contribution in [2.75, 3.05) is 20.1 Å². The molecule has 3 unspecified atom stereocenters. The number of hydrogen-bond acceptors (Lipinski definition) is 3. The maximum absolute atomic E-state index is 5.74. The second-order valence-corrected chi connectivity index (χ2v) is 4.17. The van der Waals surface area contributed by atoms with E-state index in [2.05, 4.69) is 25.8 Å². The molecule has 0 aromatic rings. The van der Waals surface area contributed by atoms with Crippen molar-refractivity contribution in [1.29, 1.82) is 0 Å². The number of likely N-dealkylation sites (N-methyl/N-ethyl adjacent to an activating group) is 1. The van der Waals surface area contributed by atoms with Gasteiger partial charge in [0.05, 0.1) is 12.2 Å². The Labute approximate surface area is 81.2 Å². The topological polar surface area (TPSA) is 38.5 Å². The second-order valence-electron chi connectivity index (χ2n) is 4.17. The molecule has 2 N–H and O–H groups in total. The smallest absolute Gasteiger partial charge is 0.0706 e. The highest BCUT2D eigenvalue weighted by molar-refractivity contribution is 4.75. The third kappa shape index (κ3) is 3.25. The highest BCUT2D eigenvalue weighted by atomic mass is 16.5. The van der Waals surface area contributed by atoms with Crippen LogP contribution in [0.4, 0.5) is 0 Å². The van der Waals surface area contributed by atoms with Gasteiger partial charge in [0.1, 0.15) is 0 Å². The van der Waals surface area contributed by atoms with Gasteiger partial charge in [-0.1, -0.05) is 0 Å². The Balaban J connectivity index is 2.24. The zero-order valence-electron chi connectivity index (χ0n) is 8.99. The molecule has 0 spiro atoms. The standard InChI is InChI=1S/C10H22N2O/c1-8(6-11)12(3)7-10-5-4-9(2)13-10/h8-10H,4-7,11H2,1-3H3. The lowest BCUT2D eigenvalue weighted by atomic mass is 10.2. The molecule has 1 aliphatic heterocycles. The molecular weight excluding hydrogens is 164 g/mol. The fraction of sp³-hybridized carbons (Fsp3) is 1.00. The average molecular weight is 186 g/mol. The normalized spacial score (nSPS) is 31.2. The van der Waals surface area contributed by atoms with Gasteiger partial charge >= 0.3 is 0 Å². The summed E-state index contributed by atoms with van der Waals surface area (Å²) in [5.74, 6) is 0. The summed E-state index contributed by atoms with van der Waals surface area (Å²) in [6, 6.07) is 0.458. The van der Waals surface area contributed by atoms with Gasteiger partial charge in [-0.3, -0.25) is 4.90 Å². The minimum atomic E-state index is 0.425. The van der Waals surface area contributed by atoms with Gasteiger partial charge < -0.3 is 10.5 Å². The average Bonchev–Trinajstić information content (AvgIpc) is 2.49. The molecular formula is C10H22N2O. The predicted molar refractivity (Wildman–Crippen MR) is 54.7 cm³/mol. The second kappa shape index (κ2) is 4.94. The van der Waals surface area contributed by atoms with Crippen molar-refractivity contribution in [3.63, 3.8) is 0 Å². The monoisotopic (exact) mass is 186 g/mol. The summed E-state index contributed by atoms with van der Waals surface area (Å²) in [6.45, 7) is 6.03. The number of nitrogens with zero attached hydrogens (tertiary/aromatic N) is 1. The number of ether oxygens (including phenoxy) is 1. The third-order valence-corrected chi connectivity index (χ3v) is 2.91. The summed E-state index contributed by atoms with van der Waals surface area (Å²) in [5, 5.41) is 0. The Bertz CT molecular complexity index is 152. The Morgan fingerprint density at radius 1 is 1.54 bits per heavy atom. The van der Waals surface area contributed by atoms with Crippen molar-refractivity contribution in [2.45, 2.75) is 44.9 Å². The van der Waals surface area contributed by atoms with Gasteiger partial charge in [-0.05, 0) is 33.7 Å². The van der Waals surface area contributed by atoms with E-state index in [-0.39, 0.29) is 0 Å². The lowest BCUT2D eigenvalue weighted by Gasteiger charge is -2.26. The van der Waals surface area contributed by atoms with Gasteiger partial charge in [-0.25, -0.2) is 0 Å². The molecule has 78 valence electrons. The van der Waals surface area contributed by atoms with Crippen molar-refractivity contribution in [2.24, 2.45) is 5.73 Å². The summed E-state index contributed by atoms with van der Waals surface area (Å²) in [4.78, 5) is 2.28. The Kier molecular flexibility index (Phi) is 4.16. The van der Waals surface area contributed by atoms with E-state index in [1.54, 1.807) is 0 Å². The van der Waals surface area contributed by atoms with Crippen LogP contribution in [0.5, 0.6) is 0 Å². The van der Waals surface area contributed by atoms with Gasteiger partial charge in [0, 0.05) is 19.1 Å². The van der Waals surface area contributed by atoms with E-state index in [1.807, 2.05) is 0 Å². The van der Waals surface area contributed by atoms with E-state index < -0.39 is 0 Å². The molecule has 1 fully saturated rings. The predicted octanol–water partition coefficient (Wildman–Crippen LogP) is 0.833. The van der Waals surface area contributed by atoms with Crippen molar-refractivity contribution in [3.05, 3.63) is 0 Å². The number of nitrogens with two attached hydrogens (primary N) is 1. The van der Waals surface area contributed by atoms with Crippen LogP contribution >= 0.6 is 0 Å². The first-order valence-electron chi connectivity index (χ1n) is 5.19. The van der Waals surface area contributed by atoms with Gasteiger partial charge in [-0.15, -0.1) is 0 Å². The minimum Gasteiger partial charge on any atom is -0.374 e. The molecule has 13 heavy (non-hydrogen) atoms. The van der Waals surface area contributed by atoms with Crippen LogP contribution in [0.1, 0.15) is 26.7 Å². The molecule has 0 aromatic carbocycles. The summed E-state index contributed by atoms with van der Waals surface area (Å²) < 4.78 is 5.74. The highest BCUT2D eigenvalue weighted by Crippen LogP contribution is 2.19. The van der Waals surface area contributed by atoms with Gasteiger partial charge in [0.25, 0.3) is 0 Å². The van der Waals surface area contributed by atoms with Gasteiger partial charge in [-0.2, -0.15) is 0 Å². The van der Waals surface area contributed by atoms with Crippen molar-refractivity contribution in [1.82, 2.24) is 4.90 Å². The minimum absolute atomic E-state index is 0.425. The lowest BCUT2D eigenvalue weighted by Crippen LogP contribution is -2.40. The first-order chi connectivity index (χ1) is 6.13. The van der Waals surface area contributed by atoms with E-state index in [4.69, 9.17) is 10.5 Å². The summed E-state index contributed by atoms with van der Waals surface area (Å²) in [6.07, 6.45) is 3.28. The van der Waals surface area contributed by atoms with E-state index >= 15 is 0 Å². The Morgan fingerprint density at radius 3 is 2.69 bits per heavy atom. The van der Waals surface area contributed by atoms with Gasteiger partial charge in [0.15, 0.2) is 0 Å². The third-order valence-electron chi connectivity index (χ3n) is 2.91. The zero-order valence-corrected chi connectivity index (χ0v) is 8.99. The molecule has 3 atom stereocenters. The number of rotatable bonds is 4. The quantitative estimate of drug-likeness (QED) is 0.707. The summed E-state index contributed by atoms with van der Waals surface area (Å²) in [7, 11) is 2.11. The zero-order chi connectivity index (χ0) is 9.84. The Morgan fingerprint density at radius 2 is 2.23 bits per heavy atom. The maximum Gasteiger partial charge on any atom is 0.0706 e. The number of hydrogen-bond donors (Lipinski definition) is 1. The first kappa shape index (κ1) is 11.0. The molecule has 0 bridgehead atoms. The maximum atomic E-state index is 5.74. The molecule has 0 radical (unpaired) electrons. The summed E-state index contributed by atoms with van der Waals surface area (Å²) in [5.41, 5.74) is 5.59. The van der Waals surface area contributed by atoms with E-state index in [0.717, 1.165) is 13.1 Å². The fourth-order valence-electron chi connectivity index (χ4n) is 1.70. The SMILES string of the molecule is CC1CCC(CN(C)C(C)CN)O1. The van der Waals surface area contributed by atoms with Crippen LogP contribution in [0.25, 0.3) is 0 Å². The molecule has 0 aliphatic carbocycles. The molecule has 0 amide bonds. The van der Waals surface area contributed by atoms with Crippen LogP contribution in [0.15, 0.2) is 0 Å². The molecule has 0 saturated carbocycles. The first-order valence-corrected chi connectivity index (χ1v) is 5.19. The Hall–Kier alpha value is -0.120. The van der Waals surface area contributed by atoms with Crippen LogP contribution in [0, 0.1) is 0 Å². The molecule has 1 saturated heterocycles. The summed E-state index contributed by atoms with van der Waals surface area (Å²) >= 11 is 0. The van der Waals surface area contributed by atoms with E-state index in [0.29, 0.717) is 18.2 Å². The molecule has 1 heterocycles. The highest BCUT2D eigenvalue weighted by Gasteiger charge is 2.23. The van der Waals surface area contributed by atoms with E-state index in [1.165, 1.54) is 12.8 Å². The lowest BCUT2D eigenvalue weighted by molar-refractivity contribution is 0.0305. The fourth-order valence-corrected chi connectivity index (χ4v) is 1.70. The van der Waals surface area contributed by atoms with E-state index in [9.17, 15) is 0 Å². The van der Waals surface area contributed by atoms with Crippen LogP contribution in [-0.4, -0.2) is 43.3 Å². The molecule has 3 nitrogen and oxygen atoms in total. The molecule has 0 aromatic heterocycles. The van der Waals surface area contributed by atoms with Crippen molar-refractivity contribution < 1.29 is 4.74 Å². The van der Waals surface area contributed by atoms with Crippen LogP contribution < -0.4 is 5.73 Å². The largest absolute Gasteiger partial charge is 0.374 e. The molecule has 3 heteroatoms. The van der Waals surface area contributed by atoms with Crippen LogP contribution in [0.3, 0.4) is 0 Å². The van der Waals surface area contributed by atoms with Crippen molar-refractivity contribution >= 4 is 0 Å². The van der Waals surface area contributed by atoms with Crippen molar-refractivity contribution in [3.8, 4) is 0 Å². The van der Waals surface area contributed by atoms with Crippen LogP contribution in [0.2, 0.25) is 0 Å². The van der Waals surface area contributed by atoms with Gasteiger partial charge in [0.2, 0.25) is 0 Å².